The fourth-order valence-electron chi connectivity index (χ4n) is 0.720. The van der Waals surface area contributed by atoms with Crippen LogP contribution in [0.2, 0.25) is 0 Å². The molecule has 7 heteroatoms. The van der Waals surface area contributed by atoms with Crippen LogP contribution in [0.4, 0.5) is 22.0 Å². The average Bonchev–Trinajstić information content (AvgIpc) is 1.95. The van der Waals surface area contributed by atoms with Gasteiger partial charge in [0.25, 0.3) is 0 Å². The van der Waals surface area contributed by atoms with Gasteiger partial charge >= 0.3 is 11.4 Å². The van der Waals surface area contributed by atoms with E-state index in [0.717, 1.165) is 0 Å². The second-order valence-corrected chi connectivity index (χ2v) is 3.15. The molecule has 1 unspecified atom stereocenters. The van der Waals surface area contributed by atoms with E-state index in [1.165, 1.54) is 0 Å². The molecule has 0 radical (unpaired) electrons. The van der Waals surface area contributed by atoms with Gasteiger partial charge in [0.15, 0.2) is 5.78 Å². The van der Waals surface area contributed by atoms with Crippen molar-refractivity contribution >= 4 is 18.4 Å². The minimum atomic E-state index is -5.16. The highest BCUT2D eigenvalue weighted by Gasteiger charge is 2.54. The van der Waals surface area contributed by atoms with E-state index in [1.807, 2.05) is 0 Å². The lowest BCUT2D eigenvalue weighted by molar-refractivity contribution is -0.216. The number of thiol groups is 1. The van der Waals surface area contributed by atoms with E-state index in [1.54, 1.807) is 0 Å². The number of hydrogen-bond acceptors (Lipinski definition) is 2. The molecule has 1 atom stereocenters. The Bertz CT molecular complexity index is 215. The van der Waals surface area contributed by atoms with Crippen molar-refractivity contribution in [3.8, 4) is 0 Å². The largest absolute Gasteiger partial charge is 0.398 e. The predicted molar refractivity (Wildman–Crippen MR) is 43.3 cm³/mol. The second kappa shape index (κ2) is 4.29. The van der Waals surface area contributed by atoms with Crippen LogP contribution in [0.1, 0.15) is 6.42 Å². The highest BCUT2D eigenvalue weighted by Crippen LogP contribution is 2.42. The third-order valence-electron chi connectivity index (χ3n) is 1.45. The lowest BCUT2D eigenvalue weighted by Crippen LogP contribution is -2.37. The molecule has 0 aromatic carbocycles. The van der Waals surface area contributed by atoms with Crippen molar-refractivity contribution < 1.29 is 26.7 Å². The first-order chi connectivity index (χ1) is 6.09. The minimum absolute atomic E-state index is 0.568. The van der Waals surface area contributed by atoms with Gasteiger partial charge in [0.1, 0.15) is 5.92 Å². The van der Waals surface area contributed by atoms with E-state index in [2.05, 4.69) is 19.2 Å². The van der Waals surface area contributed by atoms with Crippen molar-refractivity contribution in [2.45, 2.75) is 17.9 Å². The van der Waals surface area contributed by atoms with Gasteiger partial charge in [-0.25, -0.2) is 0 Å². The molecule has 82 valence electrons. The third-order valence-corrected chi connectivity index (χ3v) is 1.76. The number of alkyl halides is 5. The summed E-state index contributed by atoms with van der Waals surface area (Å²) in [5.74, 6) is -4.18. The number of allylic oxidation sites excluding steroid dienone is 1. The lowest BCUT2D eigenvalue weighted by Gasteiger charge is -2.23. The van der Waals surface area contributed by atoms with E-state index >= 15 is 0 Å². The molecule has 0 aromatic heterocycles. The van der Waals surface area contributed by atoms with Crippen LogP contribution in [0.3, 0.4) is 0 Å². The summed E-state index contributed by atoms with van der Waals surface area (Å²) in [6.45, 7) is 2.89. The van der Waals surface area contributed by atoms with Gasteiger partial charge in [0, 0.05) is 6.42 Å². The lowest BCUT2D eigenvalue weighted by atomic mass is 10.0. The summed E-state index contributed by atoms with van der Waals surface area (Å²) >= 11 is 2.52. The van der Waals surface area contributed by atoms with E-state index in [0.29, 0.717) is 6.08 Å². The summed E-state index contributed by atoms with van der Waals surface area (Å²) in [4.78, 5) is 10.5. The fourth-order valence-corrected chi connectivity index (χ4v) is 0.958. The van der Waals surface area contributed by atoms with Gasteiger partial charge in [-0.1, -0.05) is 6.58 Å². The Morgan fingerprint density at radius 1 is 1.36 bits per heavy atom. The van der Waals surface area contributed by atoms with E-state index in [9.17, 15) is 26.7 Å². The molecule has 0 aliphatic rings. The predicted octanol–water partition coefficient (Wildman–Crippen LogP) is 2.83. The molecule has 0 spiro atoms. The zero-order valence-corrected chi connectivity index (χ0v) is 7.71. The Morgan fingerprint density at radius 3 is 2.00 bits per heavy atom. The molecule has 0 heterocycles. The first-order valence-corrected chi connectivity index (χ1v) is 3.86. The maximum atomic E-state index is 12.3. The number of carbonyl (C=O) groups is 1. The fraction of sp³-hybridized carbons (Fsp3) is 0.571. The quantitative estimate of drug-likeness (QED) is 0.449. The number of ketones is 1. The van der Waals surface area contributed by atoms with E-state index < -0.39 is 29.6 Å². The van der Waals surface area contributed by atoms with Gasteiger partial charge in [-0.15, -0.1) is 12.6 Å². The first kappa shape index (κ1) is 13.4. The summed E-state index contributed by atoms with van der Waals surface area (Å²) < 4.78 is 60.7. The van der Waals surface area contributed by atoms with Gasteiger partial charge in [0.05, 0.1) is 0 Å². The molecule has 0 fully saturated rings. The van der Waals surface area contributed by atoms with Gasteiger partial charge in [0.2, 0.25) is 0 Å². The number of rotatable bonds is 4. The van der Waals surface area contributed by atoms with Gasteiger partial charge in [-0.3, -0.25) is 4.79 Å². The number of carbonyl (C=O) groups excluding carboxylic acids is 1. The van der Waals surface area contributed by atoms with Crippen molar-refractivity contribution in [1.29, 1.82) is 0 Å². The molecule has 0 aromatic rings. The standard InChI is InChI=1S/C7H7F5OS/c1-2-4(13)3-5(6(8,9)10)7(11,12)14/h2,5,14H,1,3H2. The highest BCUT2D eigenvalue weighted by molar-refractivity contribution is 7.81. The summed E-state index contributed by atoms with van der Waals surface area (Å²) in [6.07, 6.45) is -5.94. The highest BCUT2D eigenvalue weighted by atomic mass is 32.1. The SMILES string of the molecule is C=CC(=O)CC(C(F)(F)F)C(F)(F)S. The average molecular weight is 234 g/mol. The molecule has 0 bridgehead atoms. The summed E-state index contributed by atoms with van der Waals surface area (Å²) in [5, 5.41) is -4.27. The molecule has 0 N–H and O–H groups in total. The van der Waals surface area contributed by atoms with Crippen molar-refractivity contribution in [2.24, 2.45) is 5.92 Å². The van der Waals surface area contributed by atoms with Crippen LogP contribution < -0.4 is 0 Å². The van der Waals surface area contributed by atoms with Crippen LogP contribution in [0.25, 0.3) is 0 Å². The normalized spacial score (nSPS) is 15.0. The van der Waals surface area contributed by atoms with Crippen LogP contribution in [-0.4, -0.2) is 17.2 Å². The van der Waals surface area contributed by atoms with Crippen LogP contribution in [0.5, 0.6) is 0 Å². The number of halogens is 5. The van der Waals surface area contributed by atoms with Crippen LogP contribution in [-0.2, 0) is 4.79 Å². The molecule has 14 heavy (non-hydrogen) atoms. The number of hydrogen-bond donors (Lipinski definition) is 1. The van der Waals surface area contributed by atoms with Crippen molar-refractivity contribution in [3.05, 3.63) is 12.7 Å². The molecule has 0 amide bonds. The molecular weight excluding hydrogens is 227 g/mol. The molecule has 0 saturated carbocycles. The van der Waals surface area contributed by atoms with Gasteiger partial charge < -0.3 is 0 Å². The van der Waals surface area contributed by atoms with E-state index in [-0.39, 0.29) is 0 Å². The third kappa shape index (κ3) is 4.08. The Morgan fingerprint density at radius 2 is 1.79 bits per heavy atom. The van der Waals surface area contributed by atoms with Crippen molar-refractivity contribution in [2.75, 3.05) is 0 Å². The zero-order valence-electron chi connectivity index (χ0n) is 6.81. The molecule has 0 rings (SSSR count). The summed E-state index contributed by atoms with van der Waals surface area (Å²) in [5.41, 5.74) is 0. The second-order valence-electron chi connectivity index (χ2n) is 2.56. The zero-order chi connectivity index (χ0) is 11.6. The molecule has 1 nitrogen and oxygen atoms in total. The Hall–Kier alpha value is -0.590. The van der Waals surface area contributed by atoms with E-state index in [4.69, 9.17) is 0 Å². The van der Waals surface area contributed by atoms with Crippen molar-refractivity contribution in [1.82, 2.24) is 0 Å². The van der Waals surface area contributed by atoms with Crippen LogP contribution in [0.15, 0.2) is 12.7 Å². The van der Waals surface area contributed by atoms with Gasteiger partial charge in [-0.2, -0.15) is 22.0 Å². The molecule has 0 saturated heterocycles. The Kier molecular flexibility index (Phi) is 4.11. The first-order valence-electron chi connectivity index (χ1n) is 3.41. The summed E-state index contributed by atoms with van der Waals surface area (Å²) in [6, 6.07) is 0. The molecular formula is C7H7F5OS. The summed E-state index contributed by atoms with van der Waals surface area (Å²) in [7, 11) is 0. The Balaban J connectivity index is 4.76. The Labute approximate surface area is 82.4 Å². The minimum Gasteiger partial charge on any atom is -0.295 e. The van der Waals surface area contributed by atoms with Crippen molar-refractivity contribution in [3.63, 3.8) is 0 Å². The van der Waals surface area contributed by atoms with Crippen LogP contribution in [0, 0.1) is 5.92 Å². The smallest absolute Gasteiger partial charge is 0.295 e. The maximum absolute atomic E-state index is 12.3. The van der Waals surface area contributed by atoms with Crippen LogP contribution >= 0.6 is 12.6 Å². The topological polar surface area (TPSA) is 17.1 Å². The molecule has 0 aliphatic heterocycles. The maximum Gasteiger partial charge on any atom is 0.398 e. The monoisotopic (exact) mass is 234 g/mol. The van der Waals surface area contributed by atoms with Gasteiger partial charge in [-0.05, 0) is 6.08 Å². The molecule has 0 aliphatic carbocycles.